The molecule has 0 aliphatic carbocycles. The van der Waals surface area contributed by atoms with E-state index in [9.17, 15) is 9.18 Å². The number of ether oxygens (including phenoxy) is 3. The molecule has 0 radical (unpaired) electrons. The Bertz CT molecular complexity index is 795. The molecule has 1 N–H and O–H groups in total. The Morgan fingerprint density at radius 1 is 1.20 bits per heavy atom. The van der Waals surface area contributed by atoms with E-state index in [1.54, 1.807) is 0 Å². The van der Waals surface area contributed by atoms with Gasteiger partial charge in [0.2, 0.25) is 0 Å². The van der Waals surface area contributed by atoms with Crippen molar-refractivity contribution in [3.8, 4) is 5.75 Å². The van der Waals surface area contributed by atoms with Gasteiger partial charge in [-0.3, -0.25) is 4.79 Å². The molecular weight excluding hydrogens is 392 g/mol. The van der Waals surface area contributed by atoms with Crippen molar-refractivity contribution in [1.29, 1.82) is 0 Å². The van der Waals surface area contributed by atoms with Crippen molar-refractivity contribution in [3.63, 3.8) is 0 Å². The van der Waals surface area contributed by atoms with Crippen LogP contribution in [-0.4, -0.2) is 49.8 Å². The first-order valence-corrected chi connectivity index (χ1v) is 10.6. The van der Waals surface area contributed by atoms with Crippen LogP contribution in [-0.2, 0) is 23.6 Å². The molecule has 164 valence electrons. The molecule has 9 heteroatoms. The molecule has 2 saturated heterocycles. The summed E-state index contributed by atoms with van der Waals surface area (Å²) in [5, 5.41) is 2.80. The van der Waals surface area contributed by atoms with Gasteiger partial charge in [-0.25, -0.2) is 4.39 Å². The number of rotatable bonds is 5. The largest absolute Gasteiger partial charge is 0.497 e. The van der Waals surface area contributed by atoms with E-state index in [2.05, 4.69) is 5.32 Å². The number of hydrogen-bond acceptors (Lipinski definition) is 6. The molecule has 0 aromatic heterocycles. The molecule has 1 aromatic carbocycles. The van der Waals surface area contributed by atoms with Gasteiger partial charge < -0.3 is 28.8 Å². The van der Waals surface area contributed by atoms with Gasteiger partial charge in [0.1, 0.15) is 11.6 Å². The Hall–Kier alpha value is -1.68. The smallest absolute Gasteiger partial charge is 0.478 e. The Morgan fingerprint density at radius 3 is 2.60 bits per heavy atom. The number of carbonyl (C=O) groups excluding carboxylic acids is 1. The van der Waals surface area contributed by atoms with Gasteiger partial charge in [-0.15, -0.1) is 0 Å². The van der Waals surface area contributed by atoms with E-state index in [1.165, 1.54) is 12.1 Å². The van der Waals surface area contributed by atoms with Crippen LogP contribution >= 0.6 is 0 Å². The van der Waals surface area contributed by atoms with Crippen molar-refractivity contribution in [2.24, 2.45) is 0 Å². The lowest BCUT2D eigenvalue weighted by atomic mass is 9.78. The topological polar surface area (TPSA) is 75.2 Å². The van der Waals surface area contributed by atoms with Crippen LogP contribution in [0, 0.1) is 5.82 Å². The minimum absolute atomic E-state index is 0.224. The van der Waals surface area contributed by atoms with E-state index in [-0.39, 0.29) is 23.4 Å². The molecule has 0 saturated carbocycles. The third kappa shape index (κ3) is 4.21. The molecule has 2 atom stereocenters. The lowest BCUT2D eigenvalue weighted by Crippen LogP contribution is -2.41. The number of benzene rings is 1. The Kier molecular flexibility index (Phi) is 5.83. The van der Waals surface area contributed by atoms with Crippen LogP contribution < -0.4 is 15.5 Å². The maximum absolute atomic E-state index is 14.9. The van der Waals surface area contributed by atoms with Crippen molar-refractivity contribution in [1.82, 2.24) is 0 Å². The second kappa shape index (κ2) is 8.11. The predicted molar refractivity (Wildman–Crippen MR) is 109 cm³/mol. The summed E-state index contributed by atoms with van der Waals surface area (Å²) in [6.45, 7) is 8.63. The third-order valence-corrected chi connectivity index (χ3v) is 6.25. The van der Waals surface area contributed by atoms with Crippen molar-refractivity contribution in [2.45, 2.75) is 77.0 Å². The van der Waals surface area contributed by atoms with Crippen molar-refractivity contribution in [3.05, 3.63) is 17.9 Å². The summed E-state index contributed by atoms with van der Waals surface area (Å²) in [5.41, 5.74) is -0.550. The number of nitrogens with one attached hydrogen (secondary N) is 1. The zero-order valence-electron chi connectivity index (χ0n) is 18.0. The molecule has 2 unspecified atom stereocenters. The highest BCUT2D eigenvalue weighted by molar-refractivity contribution is 6.62. The van der Waals surface area contributed by atoms with Crippen molar-refractivity contribution >= 4 is 24.2 Å². The molecule has 2 fully saturated rings. The van der Waals surface area contributed by atoms with E-state index < -0.39 is 30.2 Å². The lowest BCUT2D eigenvalue weighted by Gasteiger charge is -2.32. The molecule has 7 nitrogen and oxygen atoms in total. The molecule has 3 aliphatic rings. The van der Waals surface area contributed by atoms with Crippen LogP contribution in [0.5, 0.6) is 5.75 Å². The quantitative estimate of drug-likeness (QED) is 0.738. The van der Waals surface area contributed by atoms with E-state index in [0.717, 1.165) is 19.3 Å². The number of hydrogen-bond donors (Lipinski definition) is 1. The number of anilines is 1. The summed E-state index contributed by atoms with van der Waals surface area (Å²) in [6.07, 6.45) is 2.35. The SMILES string of the molecule is CC1(C)OB(c2cc3c(cc2F)OC(CCOC2CCCCO2)C(=O)N3)OC1(C)C. The first kappa shape index (κ1) is 21.6. The Morgan fingerprint density at radius 2 is 1.93 bits per heavy atom. The molecule has 1 aromatic rings. The molecule has 3 heterocycles. The Labute approximate surface area is 176 Å². The van der Waals surface area contributed by atoms with Crippen molar-refractivity contribution < 1.29 is 32.7 Å². The first-order chi connectivity index (χ1) is 14.2. The van der Waals surface area contributed by atoms with Crippen LogP contribution in [0.25, 0.3) is 0 Å². The van der Waals surface area contributed by atoms with Crippen LogP contribution in [0.1, 0.15) is 53.4 Å². The predicted octanol–water partition coefficient (Wildman–Crippen LogP) is 2.76. The fourth-order valence-corrected chi connectivity index (χ4v) is 3.68. The maximum Gasteiger partial charge on any atom is 0.497 e. The van der Waals surface area contributed by atoms with Gasteiger partial charge in [0.05, 0.1) is 23.5 Å². The zero-order chi connectivity index (χ0) is 21.5. The van der Waals surface area contributed by atoms with E-state index in [4.69, 9.17) is 23.5 Å². The summed E-state index contributed by atoms with van der Waals surface area (Å²) >= 11 is 0. The van der Waals surface area contributed by atoms with Gasteiger partial charge in [-0.2, -0.15) is 0 Å². The fourth-order valence-electron chi connectivity index (χ4n) is 3.68. The summed E-state index contributed by atoms with van der Waals surface area (Å²) in [6, 6.07) is 2.79. The van der Waals surface area contributed by atoms with Crippen molar-refractivity contribution in [2.75, 3.05) is 18.5 Å². The molecule has 1 amide bonds. The first-order valence-electron chi connectivity index (χ1n) is 10.6. The summed E-state index contributed by atoms with van der Waals surface area (Å²) in [4.78, 5) is 12.5. The molecular formula is C21H29BFNO6. The van der Waals surface area contributed by atoms with E-state index in [1.807, 2.05) is 27.7 Å². The minimum Gasteiger partial charge on any atom is -0.478 e. The van der Waals surface area contributed by atoms with Crippen LogP contribution in [0.2, 0.25) is 0 Å². The average Bonchev–Trinajstić information content (AvgIpc) is 2.90. The molecule has 4 rings (SSSR count). The average molecular weight is 421 g/mol. The van der Waals surface area contributed by atoms with Gasteiger partial charge in [-0.05, 0) is 53.0 Å². The van der Waals surface area contributed by atoms with Crippen LogP contribution in [0.15, 0.2) is 12.1 Å². The second-order valence-electron chi connectivity index (χ2n) is 9.01. The number of halogens is 1. The second-order valence-corrected chi connectivity index (χ2v) is 9.01. The highest BCUT2D eigenvalue weighted by Crippen LogP contribution is 2.38. The van der Waals surface area contributed by atoms with Gasteiger partial charge in [0.15, 0.2) is 12.4 Å². The standard InChI is InChI=1S/C21H29BFNO6/c1-20(2)21(3,4)30-22(29-20)13-11-15-17(12-14(13)23)28-16(19(25)24-15)8-10-27-18-7-5-6-9-26-18/h11-12,16,18H,5-10H2,1-4H3,(H,24,25). The van der Waals surface area contributed by atoms with Gasteiger partial charge in [0.25, 0.3) is 5.91 Å². The third-order valence-electron chi connectivity index (χ3n) is 6.25. The molecule has 3 aliphatic heterocycles. The van der Waals surface area contributed by atoms with Gasteiger partial charge in [0, 0.05) is 24.6 Å². The van der Waals surface area contributed by atoms with E-state index in [0.29, 0.717) is 25.3 Å². The Balaban J connectivity index is 1.42. The highest BCUT2D eigenvalue weighted by atomic mass is 19.1. The number of carbonyl (C=O) groups is 1. The maximum atomic E-state index is 14.9. The normalized spacial score (nSPS) is 27.4. The summed E-state index contributed by atoms with van der Waals surface area (Å²) in [7, 11) is -0.862. The van der Waals surface area contributed by atoms with Crippen LogP contribution in [0.3, 0.4) is 0 Å². The summed E-state index contributed by atoms with van der Waals surface area (Å²) in [5.74, 6) is -0.512. The van der Waals surface area contributed by atoms with Crippen LogP contribution in [0.4, 0.5) is 10.1 Å². The highest BCUT2D eigenvalue weighted by Gasteiger charge is 2.52. The lowest BCUT2D eigenvalue weighted by molar-refractivity contribution is -0.166. The van der Waals surface area contributed by atoms with Gasteiger partial charge >= 0.3 is 7.12 Å². The van der Waals surface area contributed by atoms with E-state index >= 15 is 0 Å². The number of amides is 1. The molecule has 0 spiro atoms. The van der Waals surface area contributed by atoms with Gasteiger partial charge in [-0.1, -0.05) is 0 Å². The molecule has 0 bridgehead atoms. The fraction of sp³-hybridized carbons (Fsp3) is 0.667. The monoisotopic (exact) mass is 421 g/mol. The summed E-state index contributed by atoms with van der Waals surface area (Å²) < 4.78 is 43.7. The minimum atomic E-state index is -0.862. The number of fused-ring (bicyclic) bond motifs is 1. The molecule has 30 heavy (non-hydrogen) atoms. The zero-order valence-corrected chi connectivity index (χ0v) is 18.0.